The van der Waals surface area contributed by atoms with Crippen LogP contribution in [0.5, 0.6) is 0 Å². The molecule has 0 radical (unpaired) electrons. The summed E-state index contributed by atoms with van der Waals surface area (Å²) >= 11 is 0. The van der Waals surface area contributed by atoms with Crippen LogP contribution in [0.25, 0.3) is 5.88 Å². The van der Waals surface area contributed by atoms with Crippen LogP contribution in [0, 0.1) is 0 Å². The van der Waals surface area contributed by atoms with Gasteiger partial charge < -0.3 is 25.8 Å². The van der Waals surface area contributed by atoms with Gasteiger partial charge in [0.15, 0.2) is 17.0 Å². The average molecular weight is 254 g/mol. The van der Waals surface area contributed by atoms with Crippen molar-refractivity contribution in [2.24, 2.45) is 0 Å². The molecule has 1 aromatic heterocycles. The Labute approximate surface area is 99.8 Å². The first-order valence-corrected chi connectivity index (χ1v) is 5.11. The predicted molar refractivity (Wildman–Crippen MR) is 57.0 cm³/mol. The van der Waals surface area contributed by atoms with E-state index >= 15 is 0 Å². The number of nitrogens with two attached hydrogens (primary N) is 1. The van der Waals surface area contributed by atoms with Gasteiger partial charge in [-0.3, -0.25) is 0 Å². The Morgan fingerprint density at radius 1 is 1.61 bits per heavy atom. The van der Waals surface area contributed by atoms with Crippen molar-refractivity contribution in [3.05, 3.63) is 22.6 Å². The van der Waals surface area contributed by atoms with E-state index in [-0.39, 0.29) is 18.3 Å². The zero-order chi connectivity index (χ0) is 13.1. The topological polar surface area (TPSA) is 144 Å². The van der Waals surface area contributed by atoms with Gasteiger partial charge in [0, 0.05) is 6.42 Å². The lowest BCUT2D eigenvalue weighted by atomic mass is 10.2. The molecular weight excluding hydrogens is 244 g/mol. The molecule has 0 amide bonds. The number of nitrogens with zero attached hydrogens (tertiary/aromatic N) is 3. The van der Waals surface area contributed by atoms with Gasteiger partial charge in [0.1, 0.15) is 6.33 Å². The Balaban J connectivity index is 2.10. The molecule has 9 nitrogen and oxygen atoms in total. The van der Waals surface area contributed by atoms with Gasteiger partial charge in [-0.2, -0.15) is 4.98 Å². The van der Waals surface area contributed by atoms with Crippen molar-refractivity contribution in [2.45, 2.75) is 17.6 Å². The number of anilines is 1. The number of ether oxygens (including phenoxy) is 1. The second-order valence-corrected chi connectivity index (χ2v) is 4.31. The van der Waals surface area contributed by atoms with Crippen molar-refractivity contribution in [1.29, 1.82) is 0 Å². The molecular formula is C9H10N4O5. The maximum atomic E-state index is 11.6. The molecule has 9 heteroatoms. The fourth-order valence-corrected chi connectivity index (χ4v) is 2.07. The van der Waals surface area contributed by atoms with Gasteiger partial charge in [-0.05, 0) is 0 Å². The average Bonchev–Trinajstić information content (AvgIpc) is 2.87. The highest BCUT2D eigenvalue weighted by Gasteiger charge is 2.78. The van der Waals surface area contributed by atoms with Gasteiger partial charge in [0.2, 0.25) is 11.8 Å². The van der Waals surface area contributed by atoms with Crippen molar-refractivity contribution >= 4 is 11.8 Å². The summed E-state index contributed by atoms with van der Waals surface area (Å²) < 4.78 is 6.08. The van der Waals surface area contributed by atoms with Crippen LogP contribution in [-0.2, 0) is 4.74 Å². The van der Waals surface area contributed by atoms with Crippen LogP contribution < -0.4 is 11.4 Å². The van der Waals surface area contributed by atoms with Crippen LogP contribution in [0.3, 0.4) is 0 Å². The number of aliphatic hydroxyl groups is 3. The molecule has 5 N–H and O–H groups in total. The summed E-state index contributed by atoms with van der Waals surface area (Å²) in [6.45, 7) is -0.484. The van der Waals surface area contributed by atoms with Crippen molar-refractivity contribution in [1.82, 2.24) is 14.5 Å². The molecule has 0 spiro atoms. The third-order valence-electron chi connectivity index (χ3n) is 3.25. The highest BCUT2D eigenvalue weighted by atomic mass is 16.6. The minimum Gasteiger partial charge on any atom is -0.505 e. The van der Waals surface area contributed by atoms with Crippen molar-refractivity contribution < 1.29 is 20.1 Å². The van der Waals surface area contributed by atoms with Crippen LogP contribution in [0.4, 0.5) is 5.95 Å². The lowest BCUT2D eigenvalue weighted by Crippen LogP contribution is -2.28. The molecule has 1 aliphatic heterocycles. The zero-order valence-electron chi connectivity index (χ0n) is 9.07. The molecule has 1 aromatic rings. The third kappa shape index (κ3) is 1.09. The first-order chi connectivity index (χ1) is 8.43. The maximum absolute atomic E-state index is 11.6. The summed E-state index contributed by atoms with van der Waals surface area (Å²) in [5, 5.41) is 29.0. The van der Waals surface area contributed by atoms with E-state index in [2.05, 4.69) is 9.97 Å². The molecule has 96 valence electrons. The molecule has 18 heavy (non-hydrogen) atoms. The van der Waals surface area contributed by atoms with Crippen molar-refractivity contribution in [3.63, 3.8) is 0 Å². The normalized spacial score (nSPS) is 33.2. The van der Waals surface area contributed by atoms with E-state index in [1.54, 1.807) is 0 Å². The molecule has 0 saturated heterocycles. The van der Waals surface area contributed by atoms with E-state index in [1.807, 2.05) is 0 Å². The van der Waals surface area contributed by atoms with E-state index in [9.17, 15) is 15.0 Å². The third-order valence-corrected chi connectivity index (χ3v) is 3.25. The number of hydrogen-bond donors (Lipinski definition) is 4. The first kappa shape index (κ1) is 11.0. The van der Waals surface area contributed by atoms with E-state index in [1.165, 1.54) is 0 Å². The fraction of sp³-hybridized carbons (Fsp3) is 0.444. The second kappa shape index (κ2) is 3.00. The van der Waals surface area contributed by atoms with E-state index in [4.69, 9.17) is 15.6 Å². The van der Waals surface area contributed by atoms with Crippen LogP contribution in [0.1, 0.15) is 6.42 Å². The number of fused-ring (bicyclic) bond motifs is 1. The maximum Gasteiger partial charge on any atom is 0.359 e. The quantitative estimate of drug-likeness (QED) is 0.465. The van der Waals surface area contributed by atoms with Gasteiger partial charge in [-0.15, -0.1) is 0 Å². The summed E-state index contributed by atoms with van der Waals surface area (Å²) in [4.78, 5) is 18.5. The molecule has 1 fully saturated rings. The molecule has 2 heterocycles. The van der Waals surface area contributed by atoms with Crippen molar-refractivity contribution in [3.8, 4) is 0 Å². The van der Waals surface area contributed by atoms with Gasteiger partial charge in [-0.1, -0.05) is 0 Å². The Kier molecular flexibility index (Phi) is 1.83. The summed E-state index contributed by atoms with van der Waals surface area (Å²) in [5.41, 5.74) is 1.49. The number of aliphatic hydroxyl groups excluding tert-OH is 2. The number of rotatable bonds is 2. The van der Waals surface area contributed by atoms with Gasteiger partial charge in [0.25, 0.3) is 0 Å². The van der Waals surface area contributed by atoms with E-state index in [0.717, 1.165) is 10.9 Å². The summed E-state index contributed by atoms with van der Waals surface area (Å²) in [7, 11) is 0. The summed E-state index contributed by atoms with van der Waals surface area (Å²) in [6, 6.07) is 0. The SMILES string of the molecule is Nc1ncn(C2=C(O)C3(O)CC3(CO)O2)c(=O)n1. The molecule has 0 bridgehead atoms. The minimum atomic E-state index is -1.65. The molecule has 3 rings (SSSR count). The van der Waals surface area contributed by atoms with Crippen LogP contribution in [0.2, 0.25) is 0 Å². The van der Waals surface area contributed by atoms with Crippen LogP contribution >= 0.6 is 0 Å². The summed E-state index contributed by atoms with van der Waals surface area (Å²) in [5.74, 6) is -1.02. The summed E-state index contributed by atoms with van der Waals surface area (Å²) in [6.07, 6.45) is 1.09. The molecule has 0 aromatic carbocycles. The Morgan fingerprint density at radius 2 is 2.33 bits per heavy atom. The van der Waals surface area contributed by atoms with Crippen molar-refractivity contribution in [2.75, 3.05) is 12.3 Å². The van der Waals surface area contributed by atoms with Gasteiger partial charge in [0.05, 0.1) is 6.61 Å². The predicted octanol–water partition coefficient (Wildman–Crippen LogP) is -2.20. The molecule has 1 aliphatic carbocycles. The molecule has 2 aliphatic rings. The van der Waals surface area contributed by atoms with E-state index < -0.39 is 29.3 Å². The van der Waals surface area contributed by atoms with Crippen LogP contribution in [-0.4, -0.2) is 47.7 Å². The molecule has 1 saturated carbocycles. The number of nitrogen functional groups attached to an aromatic ring is 1. The fourth-order valence-electron chi connectivity index (χ4n) is 2.07. The number of hydrogen-bond acceptors (Lipinski definition) is 8. The lowest BCUT2D eigenvalue weighted by molar-refractivity contribution is 0.0119. The molecule has 2 unspecified atom stereocenters. The Bertz CT molecular complexity index is 626. The van der Waals surface area contributed by atoms with Gasteiger partial charge >= 0.3 is 5.69 Å². The highest BCUT2D eigenvalue weighted by Crippen LogP contribution is 2.61. The van der Waals surface area contributed by atoms with Gasteiger partial charge in [-0.25, -0.2) is 14.3 Å². The largest absolute Gasteiger partial charge is 0.505 e. The first-order valence-electron chi connectivity index (χ1n) is 5.11. The Morgan fingerprint density at radius 3 is 2.89 bits per heavy atom. The number of aromatic nitrogens is 3. The zero-order valence-corrected chi connectivity index (χ0v) is 9.07. The Hall–Kier alpha value is -2.13. The lowest BCUT2D eigenvalue weighted by Gasteiger charge is -2.13. The van der Waals surface area contributed by atoms with E-state index in [0.29, 0.717) is 0 Å². The highest BCUT2D eigenvalue weighted by molar-refractivity contribution is 5.57. The standard InChI is InChI=1S/C9H10N4O5/c10-6-11-3-13(7(16)12-6)5-4(15)9(17)1-8(9,2-14)18-5/h3,14-15,17H,1-2H2,(H2,10,12,16). The minimum absolute atomic E-state index is 0.0659. The smallest absolute Gasteiger partial charge is 0.359 e. The second-order valence-electron chi connectivity index (χ2n) is 4.31. The molecule has 2 atom stereocenters. The van der Waals surface area contributed by atoms with Crippen LogP contribution in [0.15, 0.2) is 16.9 Å². The monoisotopic (exact) mass is 254 g/mol.